The van der Waals surface area contributed by atoms with Gasteiger partial charge >= 0.3 is 6.18 Å². The standard InChI is InChI=1S/C14H12ClF3N2O2/c15-10-4-2-1-3-9(10)11-7-19-13(22-11)6-5-12(21)20-8-14(16,17)18/h1-4,7H,5-6,8H2,(H,20,21). The van der Waals surface area contributed by atoms with Gasteiger partial charge in [-0.25, -0.2) is 4.98 Å². The van der Waals surface area contributed by atoms with Gasteiger partial charge in [-0.2, -0.15) is 13.2 Å². The van der Waals surface area contributed by atoms with Gasteiger partial charge in [0.05, 0.1) is 11.2 Å². The number of benzene rings is 1. The second-order valence-electron chi connectivity index (χ2n) is 4.49. The Morgan fingerprint density at radius 1 is 1.32 bits per heavy atom. The summed E-state index contributed by atoms with van der Waals surface area (Å²) in [5, 5.41) is 2.28. The van der Waals surface area contributed by atoms with E-state index in [-0.39, 0.29) is 18.7 Å². The van der Waals surface area contributed by atoms with E-state index in [1.165, 1.54) is 6.20 Å². The smallest absolute Gasteiger partial charge is 0.405 e. The average Bonchev–Trinajstić information content (AvgIpc) is 2.91. The third-order valence-electron chi connectivity index (χ3n) is 2.74. The SMILES string of the molecule is O=C(CCc1ncc(-c2ccccc2Cl)o1)NCC(F)(F)F. The summed E-state index contributed by atoms with van der Waals surface area (Å²) < 4.78 is 41.3. The Bertz CT molecular complexity index is 656. The number of carbonyl (C=O) groups is 1. The van der Waals surface area contributed by atoms with Gasteiger partial charge < -0.3 is 9.73 Å². The number of amides is 1. The quantitative estimate of drug-likeness (QED) is 0.910. The van der Waals surface area contributed by atoms with Crippen LogP contribution in [-0.4, -0.2) is 23.6 Å². The first-order valence-corrected chi connectivity index (χ1v) is 6.76. The number of nitrogens with one attached hydrogen (secondary N) is 1. The second-order valence-corrected chi connectivity index (χ2v) is 4.90. The maximum Gasteiger partial charge on any atom is 0.405 e. The minimum absolute atomic E-state index is 0.105. The highest BCUT2D eigenvalue weighted by Crippen LogP contribution is 2.28. The van der Waals surface area contributed by atoms with Crippen molar-refractivity contribution in [3.63, 3.8) is 0 Å². The molecule has 0 fully saturated rings. The van der Waals surface area contributed by atoms with Crippen LogP contribution < -0.4 is 5.32 Å². The fourth-order valence-corrected chi connectivity index (χ4v) is 1.95. The van der Waals surface area contributed by atoms with Crippen molar-refractivity contribution in [3.05, 3.63) is 41.4 Å². The molecule has 22 heavy (non-hydrogen) atoms. The lowest BCUT2D eigenvalue weighted by Gasteiger charge is -2.07. The zero-order chi connectivity index (χ0) is 16.2. The molecule has 0 radical (unpaired) electrons. The van der Waals surface area contributed by atoms with Gasteiger partial charge in [0.15, 0.2) is 11.7 Å². The monoisotopic (exact) mass is 332 g/mol. The lowest BCUT2D eigenvalue weighted by atomic mass is 10.2. The molecule has 1 heterocycles. The molecule has 0 saturated carbocycles. The Morgan fingerprint density at radius 3 is 2.73 bits per heavy atom. The highest BCUT2D eigenvalue weighted by molar-refractivity contribution is 6.33. The molecule has 0 unspecified atom stereocenters. The molecule has 1 aromatic carbocycles. The van der Waals surface area contributed by atoms with Crippen LogP contribution in [0.25, 0.3) is 11.3 Å². The van der Waals surface area contributed by atoms with Crippen LogP contribution in [0, 0.1) is 0 Å². The van der Waals surface area contributed by atoms with Gasteiger partial charge in [0, 0.05) is 18.4 Å². The van der Waals surface area contributed by atoms with Crippen LogP contribution in [0.5, 0.6) is 0 Å². The summed E-state index contributed by atoms with van der Waals surface area (Å²) in [6, 6.07) is 7.01. The number of nitrogens with zero attached hydrogens (tertiary/aromatic N) is 1. The highest BCUT2D eigenvalue weighted by atomic mass is 35.5. The number of hydrogen-bond acceptors (Lipinski definition) is 3. The highest BCUT2D eigenvalue weighted by Gasteiger charge is 2.27. The summed E-state index contributed by atoms with van der Waals surface area (Å²) in [6.45, 7) is -1.34. The number of oxazole rings is 1. The molecule has 1 amide bonds. The molecule has 0 atom stereocenters. The van der Waals surface area contributed by atoms with Crippen molar-refractivity contribution < 1.29 is 22.4 Å². The van der Waals surface area contributed by atoms with Crippen LogP contribution in [0.15, 0.2) is 34.9 Å². The number of rotatable bonds is 5. The van der Waals surface area contributed by atoms with Crippen LogP contribution in [0.3, 0.4) is 0 Å². The van der Waals surface area contributed by atoms with Crippen molar-refractivity contribution in [2.75, 3.05) is 6.54 Å². The summed E-state index contributed by atoms with van der Waals surface area (Å²) in [6.07, 6.45) is -2.99. The summed E-state index contributed by atoms with van der Waals surface area (Å²) in [5.41, 5.74) is 0.657. The van der Waals surface area contributed by atoms with Gasteiger partial charge in [0.2, 0.25) is 5.91 Å². The molecule has 4 nitrogen and oxygen atoms in total. The Kier molecular flexibility index (Phi) is 5.07. The van der Waals surface area contributed by atoms with Gasteiger partial charge in [-0.05, 0) is 12.1 Å². The topological polar surface area (TPSA) is 55.1 Å². The lowest BCUT2D eigenvalue weighted by molar-refractivity contribution is -0.138. The molecule has 0 aliphatic carbocycles. The van der Waals surface area contributed by atoms with Gasteiger partial charge in [-0.1, -0.05) is 23.7 Å². The molecule has 8 heteroatoms. The number of halogens is 4. The Hall–Kier alpha value is -2.02. The summed E-state index contributed by atoms with van der Waals surface area (Å²) in [5.74, 6) is -0.0109. The third-order valence-corrected chi connectivity index (χ3v) is 3.07. The first-order valence-electron chi connectivity index (χ1n) is 6.38. The van der Waals surface area contributed by atoms with Crippen molar-refractivity contribution in [2.45, 2.75) is 19.0 Å². The molecule has 0 bridgehead atoms. The van der Waals surface area contributed by atoms with E-state index < -0.39 is 18.6 Å². The second kappa shape index (κ2) is 6.83. The third kappa shape index (κ3) is 4.77. The molecule has 0 aliphatic heterocycles. The van der Waals surface area contributed by atoms with Crippen molar-refractivity contribution in [3.8, 4) is 11.3 Å². The normalized spacial score (nSPS) is 11.5. The number of aromatic nitrogens is 1. The van der Waals surface area contributed by atoms with E-state index >= 15 is 0 Å². The maximum atomic E-state index is 11.9. The van der Waals surface area contributed by atoms with Crippen molar-refractivity contribution >= 4 is 17.5 Å². The molecule has 1 aromatic heterocycles. The Balaban J connectivity index is 1.90. The molecule has 0 spiro atoms. The molecule has 0 aliphatic rings. The molecule has 2 rings (SSSR count). The summed E-state index contributed by atoms with van der Waals surface area (Å²) in [4.78, 5) is 15.3. The predicted molar refractivity (Wildman–Crippen MR) is 74.3 cm³/mol. The number of alkyl halides is 3. The maximum absolute atomic E-state index is 11.9. The van der Waals surface area contributed by atoms with Gasteiger partial charge in [-0.3, -0.25) is 4.79 Å². The van der Waals surface area contributed by atoms with Gasteiger partial charge in [0.1, 0.15) is 6.54 Å². The van der Waals surface area contributed by atoms with E-state index in [1.807, 2.05) is 0 Å². The fraction of sp³-hybridized carbons (Fsp3) is 0.286. The first-order chi connectivity index (χ1) is 10.3. The number of carbonyl (C=O) groups excluding carboxylic acids is 1. The van der Waals surface area contributed by atoms with Crippen LogP contribution in [0.1, 0.15) is 12.3 Å². The largest absolute Gasteiger partial charge is 0.441 e. The molecule has 2 aromatic rings. The molecule has 0 saturated heterocycles. The fourth-order valence-electron chi connectivity index (χ4n) is 1.72. The molecule has 1 N–H and O–H groups in total. The minimum atomic E-state index is -4.42. The van der Waals surface area contributed by atoms with Gasteiger partial charge in [-0.15, -0.1) is 0 Å². The molecular weight excluding hydrogens is 321 g/mol. The van der Waals surface area contributed by atoms with E-state index in [0.29, 0.717) is 16.3 Å². The summed E-state index contributed by atoms with van der Waals surface area (Å²) in [7, 11) is 0. The van der Waals surface area contributed by atoms with Crippen LogP contribution in [-0.2, 0) is 11.2 Å². The van der Waals surface area contributed by atoms with E-state index in [0.717, 1.165) is 0 Å². The summed E-state index contributed by atoms with van der Waals surface area (Å²) >= 11 is 6.02. The average molecular weight is 333 g/mol. The van der Waals surface area contributed by atoms with E-state index in [1.54, 1.807) is 29.6 Å². The number of aryl methyl sites for hydroxylation is 1. The van der Waals surface area contributed by atoms with Gasteiger partial charge in [0.25, 0.3) is 0 Å². The van der Waals surface area contributed by atoms with E-state index in [2.05, 4.69) is 4.98 Å². The van der Waals surface area contributed by atoms with Crippen LogP contribution in [0.2, 0.25) is 5.02 Å². The zero-order valence-electron chi connectivity index (χ0n) is 11.3. The first kappa shape index (κ1) is 16.4. The minimum Gasteiger partial charge on any atom is -0.441 e. The van der Waals surface area contributed by atoms with E-state index in [9.17, 15) is 18.0 Å². The van der Waals surface area contributed by atoms with Crippen LogP contribution >= 0.6 is 11.6 Å². The number of hydrogen-bond donors (Lipinski definition) is 1. The van der Waals surface area contributed by atoms with Crippen molar-refractivity contribution in [1.82, 2.24) is 10.3 Å². The Morgan fingerprint density at radius 2 is 2.05 bits per heavy atom. The van der Waals surface area contributed by atoms with Crippen molar-refractivity contribution in [1.29, 1.82) is 0 Å². The van der Waals surface area contributed by atoms with E-state index in [4.69, 9.17) is 16.0 Å². The Labute approximate surface area is 129 Å². The lowest BCUT2D eigenvalue weighted by Crippen LogP contribution is -2.33. The van der Waals surface area contributed by atoms with Crippen LogP contribution in [0.4, 0.5) is 13.2 Å². The van der Waals surface area contributed by atoms with Crippen molar-refractivity contribution in [2.24, 2.45) is 0 Å². The molecular formula is C14H12ClF3N2O2. The predicted octanol–water partition coefficient (Wildman–Crippen LogP) is 3.61. The zero-order valence-corrected chi connectivity index (χ0v) is 12.0. The molecule has 118 valence electrons.